The molecule has 1 heterocycles. The molecule has 20 heavy (non-hydrogen) atoms. The molecule has 0 aliphatic heterocycles. The number of hydrogen-bond acceptors (Lipinski definition) is 4. The van der Waals surface area contributed by atoms with E-state index in [9.17, 15) is 4.79 Å². The maximum absolute atomic E-state index is 11.7. The number of anilines is 1. The summed E-state index contributed by atoms with van der Waals surface area (Å²) < 4.78 is 4.90. The van der Waals surface area contributed by atoms with Gasteiger partial charge in [0.15, 0.2) is 0 Å². The minimum atomic E-state index is -0.0807. The van der Waals surface area contributed by atoms with Gasteiger partial charge >= 0.3 is 0 Å². The van der Waals surface area contributed by atoms with Gasteiger partial charge in [-0.3, -0.25) is 9.89 Å². The van der Waals surface area contributed by atoms with E-state index in [-0.39, 0.29) is 12.5 Å². The third kappa shape index (κ3) is 4.18. The van der Waals surface area contributed by atoms with Gasteiger partial charge in [0.2, 0.25) is 5.91 Å². The van der Waals surface area contributed by atoms with Gasteiger partial charge in [-0.25, -0.2) is 0 Å². The topological polar surface area (TPSA) is 79.0 Å². The van der Waals surface area contributed by atoms with Crippen LogP contribution in [0.15, 0.2) is 36.5 Å². The molecule has 6 nitrogen and oxygen atoms in total. The Morgan fingerprint density at radius 3 is 3.05 bits per heavy atom. The van der Waals surface area contributed by atoms with Crippen molar-refractivity contribution in [1.82, 2.24) is 15.5 Å². The SMILES string of the molecule is COCCNCC(=O)Nc1cccc(-c2ccn[nH]2)c1. The van der Waals surface area contributed by atoms with Crippen LogP contribution in [-0.4, -0.2) is 42.9 Å². The van der Waals surface area contributed by atoms with Gasteiger partial charge in [0.05, 0.1) is 18.8 Å². The summed E-state index contributed by atoms with van der Waals surface area (Å²) in [5.74, 6) is -0.0807. The summed E-state index contributed by atoms with van der Waals surface area (Å²) in [5, 5.41) is 12.6. The van der Waals surface area contributed by atoms with Crippen molar-refractivity contribution < 1.29 is 9.53 Å². The monoisotopic (exact) mass is 274 g/mol. The lowest BCUT2D eigenvalue weighted by Crippen LogP contribution is -2.30. The summed E-state index contributed by atoms with van der Waals surface area (Å²) in [4.78, 5) is 11.7. The van der Waals surface area contributed by atoms with Crippen LogP contribution in [0.25, 0.3) is 11.3 Å². The molecule has 6 heteroatoms. The van der Waals surface area contributed by atoms with Gasteiger partial charge in [0.25, 0.3) is 0 Å². The lowest BCUT2D eigenvalue weighted by molar-refractivity contribution is -0.115. The van der Waals surface area contributed by atoms with Crippen molar-refractivity contribution in [2.75, 3.05) is 32.1 Å². The lowest BCUT2D eigenvalue weighted by atomic mass is 10.1. The van der Waals surface area contributed by atoms with Crippen molar-refractivity contribution in [1.29, 1.82) is 0 Å². The normalized spacial score (nSPS) is 10.4. The molecule has 1 aromatic heterocycles. The highest BCUT2D eigenvalue weighted by atomic mass is 16.5. The molecule has 0 atom stereocenters. The lowest BCUT2D eigenvalue weighted by Gasteiger charge is -2.07. The van der Waals surface area contributed by atoms with Crippen LogP contribution in [-0.2, 0) is 9.53 Å². The van der Waals surface area contributed by atoms with Crippen molar-refractivity contribution in [2.24, 2.45) is 0 Å². The van der Waals surface area contributed by atoms with Gasteiger partial charge < -0.3 is 15.4 Å². The number of nitrogens with zero attached hydrogens (tertiary/aromatic N) is 1. The first-order chi connectivity index (χ1) is 9.79. The zero-order chi connectivity index (χ0) is 14.2. The van der Waals surface area contributed by atoms with E-state index in [4.69, 9.17) is 4.74 Å². The van der Waals surface area contributed by atoms with Crippen LogP contribution in [0.4, 0.5) is 5.69 Å². The minimum absolute atomic E-state index is 0.0807. The number of H-pyrrole nitrogens is 1. The molecule has 2 rings (SSSR count). The zero-order valence-corrected chi connectivity index (χ0v) is 11.3. The molecule has 3 N–H and O–H groups in total. The summed E-state index contributed by atoms with van der Waals surface area (Å²) >= 11 is 0. The number of nitrogens with one attached hydrogen (secondary N) is 3. The van der Waals surface area contributed by atoms with Crippen LogP contribution >= 0.6 is 0 Å². The fourth-order valence-corrected chi connectivity index (χ4v) is 1.76. The molecule has 0 aliphatic carbocycles. The van der Waals surface area contributed by atoms with E-state index in [1.54, 1.807) is 13.3 Å². The molecule has 1 aromatic carbocycles. The summed E-state index contributed by atoms with van der Waals surface area (Å²) in [6.07, 6.45) is 1.69. The van der Waals surface area contributed by atoms with Crippen molar-refractivity contribution in [2.45, 2.75) is 0 Å². The van der Waals surface area contributed by atoms with E-state index >= 15 is 0 Å². The summed E-state index contributed by atoms with van der Waals surface area (Å²) in [6.45, 7) is 1.50. The largest absolute Gasteiger partial charge is 0.383 e. The average Bonchev–Trinajstić information content (AvgIpc) is 2.98. The molecule has 2 aromatic rings. The molecular weight excluding hydrogens is 256 g/mol. The Balaban J connectivity index is 1.90. The van der Waals surface area contributed by atoms with E-state index in [0.29, 0.717) is 13.2 Å². The maximum atomic E-state index is 11.7. The Kier molecular flexibility index (Phi) is 5.28. The van der Waals surface area contributed by atoms with E-state index in [2.05, 4.69) is 20.8 Å². The van der Waals surface area contributed by atoms with E-state index in [1.807, 2.05) is 30.3 Å². The summed E-state index contributed by atoms with van der Waals surface area (Å²) in [7, 11) is 1.63. The van der Waals surface area contributed by atoms with Crippen LogP contribution in [0.3, 0.4) is 0 Å². The number of carbonyl (C=O) groups is 1. The minimum Gasteiger partial charge on any atom is -0.383 e. The predicted molar refractivity (Wildman–Crippen MR) is 77.4 cm³/mol. The molecular formula is C14H18N4O2. The number of methoxy groups -OCH3 is 1. The molecule has 0 spiro atoms. The second-order valence-corrected chi connectivity index (χ2v) is 4.27. The fraction of sp³-hybridized carbons (Fsp3) is 0.286. The van der Waals surface area contributed by atoms with Crippen molar-refractivity contribution in [3.05, 3.63) is 36.5 Å². The highest BCUT2D eigenvalue weighted by Crippen LogP contribution is 2.20. The summed E-state index contributed by atoms with van der Waals surface area (Å²) in [6, 6.07) is 9.49. The first kappa shape index (κ1) is 14.2. The Morgan fingerprint density at radius 1 is 1.40 bits per heavy atom. The van der Waals surface area contributed by atoms with Crippen LogP contribution in [0.5, 0.6) is 0 Å². The zero-order valence-electron chi connectivity index (χ0n) is 11.3. The van der Waals surface area contributed by atoms with E-state index in [0.717, 1.165) is 16.9 Å². The van der Waals surface area contributed by atoms with E-state index < -0.39 is 0 Å². The predicted octanol–water partition coefficient (Wildman–Crippen LogP) is 1.25. The Bertz CT molecular complexity index is 540. The number of aromatic amines is 1. The average molecular weight is 274 g/mol. The maximum Gasteiger partial charge on any atom is 0.238 e. The Morgan fingerprint density at radius 2 is 2.30 bits per heavy atom. The molecule has 0 bridgehead atoms. The van der Waals surface area contributed by atoms with Gasteiger partial charge in [0.1, 0.15) is 0 Å². The number of aromatic nitrogens is 2. The molecule has 0 fully saturated rings. The Hall–Kier alpha value is -2.18. The van der Waals surface area contributed by atoms with Crippen molar-refractivity contribution >= 4 is 11.6 Å². The molecule has 0 aliphatic rings. The van der Waals surface area contributed by atoms with Crippen LogP contribution in [0, 0.1) is 0 Å². The van der Waals surface area contributed by atoms with Gasteiger partial charge in [-0.15, -0.1) is 0 Å². The number of ether oxygens (including phenoxy) is 1. The third-order valence-corrected chi connectivity index (χ3v) is 2.73. The van der Waals surface area contributed by atoms with Gasteiger partial charge in [-0.2, -0.15) is 5.10 Å². The molecule has 0 unspecified atom stereocenters. The standard InChI is InChI=1S/C14H18N4O2/c1-20-8-7-15-10-14(19)17-12-4-2-3-11(9-12)13-5-6-16-18-13/h2-6,9,15H,7-8,10H2,1H3,(H,16,18)(H,17,19). The van der Waals surface area contributed by atoms with Crippen LogP contribution in [0.1, 0.15) is 0 Å². The highest BCUT2D eigenvalue weighted by Gasteiger charge is 2.04. The number of benzene rings is 1. The third-order valence-electron chi connectivity index (χ3n) is 2.73. The van der Waals surface area contributed by atoms with Gasteiger partial charge in [0, 0.05) is 31.1 Å². The van der Waals surface area contributed by atoms with E-state index in [1.165, 1.54) is 0 Å². The molecule has 106 valence electrons. The molecule has 0 saturated heterocycles. The summed E-state index contributed by atoms with van der Waals surface area (Å²) in [5.41, 5.74) is 2.66. The first-order valence-electron chi connectivity index (χ1n) is 6.39. The van der Waals surface area contributed by atoms with Gasteiger partial charge in [-0.05, 0) is 18.2 Å². The van der Waals surface area contributed by atoms with Crippen molar-refractivity contribution in [3.8, 4) is 11.3 Å². The second-order valence-electron chi connectivity index (χ2n) is 4.27. The molecule has 1 amide bonds. The van der Waals surface area contributed by atoms with Crippen LogP contribution in [0.2, 0.25) is 0 Å². The van der Waals surface area contributed by atoms with Gasteiger partial charge in [-0.1, -0.05) is 12.1 Å². The molecule has 0 saturated carbocycles. The number of hydrogen-bond donors (Lipinski definition) is 3. The first-order valence-corrected chi connectivity index (χ1v) is 6.39. The smallest absolute Gasteiger partial charge is 0.238 e. The van der Waals surface area contributed by atoms with Crippen LogP contribution < -0.4 is 10.6 Å². The van der Waals surface area contributed by atoms with Crippen molar-refractivity contribution in [3.63, 3.8) is 0 Å². The second kappa shape index (κ2) is 7.42. The highest BCUT2D eigenvalue weighted by molar-refractivity contribution is 5.92. The number of amides is 1. The number of rotatable bonds is 7. The molecule has 0 radical (unpaired) electrons. The quantitative estimate of drug-likeness (QED) is 0.664. The Labute approximate surface area is 117 Å². The number of carbonyl (C=O) groups excluding carboxylic acids is 1. The fourth-order valence-electron chi connectivity index (χ4n) is 1.76.